The minimum atomic E-state index is -4.20. The van der Waals surface area contributed by atoms with Crippen molar-refractivity contribution in [2.24, 2.45) is 0 Å². The van der Waals surface area contributed by atoms with Crippen LogP contribution in [0.4, 0.5) is 5.69 Å². The third-order valence-electron chi connectivity index (χ3n) is 5.86. The van der Waals surface area contributed by atoms with Crippen LogP contribution in [0.2, 0.25) is 15.1 Å². The minimum Gasteiger partial charge on any atom is -0.355 e. The number of halogens is 3. The molecule has 0 saturated carbocycles. The Hall–Kier alpha value is -2.78. The van der Waals surface area contributed by atoms with Crippen molar-refractivity contribution in [2.45, 2.75) is 38.3 Å². The van der Waals surface area contributed by atoms with E-state index in [9.17, 15) is 18.0 Å². The van der Waals surface area contributed by atoms with Gasteiger partial charge in [0.05, 0.1) is 20.6 Å². The van der Waals surface area contributed by atoms with E-state index in [1.165, 1.54) is 35.2 Å². The van der Waals surface area contributed by atoms with E-state index in [0.29, 0.717) is 11.6 Å². The van der Waals surface area contributed by atoms with Gasteiger partial charge in [-0.1, -0.05) is 64.6 Å². The van der Waals surface area contributed by atoms with Crippen molar-refractivity contribution in [3.05, 3.63) is 92.9 Å². The molecule has 0 aromatic heterocycles. The molecule has 38 heavy (non-hydrogen) atoms. The van der Waals surface area contributed by atoms with Crippen LogP contribution in [0.3, 0.4) is 0 Å². The lowest BCUT2D eigenvalue weighted by Crippen LogP contribution is -2.51. The van der Waals surface area contributed by atoms with Gasteiger partial charge in [-0.2, -0.15) is 0 Å². The Kier molecular flexibility index (Phi) is 10.1. The summed E-state index contributed by atoms with van der Waals surface area (Å²) in [6, 6.07) is 16.6. The minimum absolute atomic E-state index is 0.00278. The van der Waals surface area contributed by atoms with Crippen LogP contribution in [-0.2, 0) is 26.2 Å². The molecule has 1 unspecified atom stereocenters. The first-order valence-electron chi connectivity index (χ1n) is 11.8. The fourth-order valence-corrected chi connectivity index (χ4v) is 5.52. The van der Waals surface area contributed by atoms with E-state index < -0.39 is 28.5 Å². The molecule has 0 bridgehead atoms. The first-order chi connectivity index (χ1) is 17.9. The molecule has 1 N–H and O–H groups in total. The Bertz CT molecular complexity index is 1400. The predicted octanol–water partition coefficient (Wildman–Crippen LogP) is 5.70. The number of carbonyl (C=O) groups excluding carboxylic acids is 2. The molecule has 202 valence electrons. The quantitative estimate of drug-likeness (QED) is 0.325. The molecule has 0 radical (unpaired) electrons. The second-order valence-corrected chi connectivity index (χ2v) is 11.8. The third-order valence-corrected chi connectivity index (χ3v) is 8.64. The van der Waals surface area contributed by atoms with Gasteiger partial charge in [-0.25, -0.2) is 8.42 Å². The van der Waals surface area contributed by atoms with E-state index in [2.05, 4.69) is 5.32 Å². The first-order valence-corrected chi connectivity index (χ1v) is 14.4. The van der Waals surface area contributed by atoms with E-state index in [0.717, 1.165) is 15.4 Å². The van der Waals surface area contributed by atoms with Gasteiger partial charge in [0.25, 0.3) is 10.0 Å². The number of nitrogens with zero attached hydrogens (tertiary/aromatic N) is 2. The van der Waals surface area contributed by atoms with E-state index in [-0.39, 0.29) is 33.1 Å². The van der Waals surface area contributed by atoms with Crippen LogP contribution in [0, 0.1) is 6.92 Å². The fraction of sp³-hybridized carbons (Fsp3) is 0.259. The second-order valence-electron chi connectivity index (χ2n) is 8.64. The van der Waals surface area contributed by atoms with Gasteiger partial charge in [-0.05, 0) is 68.8 Å². The van der Waals surface area contributed by atoms with Crippen LogP contribution < -0.4 is 9.62 Å². The van der Waals surface area contributed by atoms with Crippen molar-refractivity contribution >= 4 is 62.3 Å². The van der Waals surface area contributed by atoms with Crippen molar-refractivity contribution < 1.29 is 18.0 Å². The summed E-state index contributed by atoms with van der Waals surface area (Å²) in [5, 5.41) is 3.62. The van der Waals surface area contributed by atoms with E-state index in [1.54, 1.807) is 50.2 Å². The molecule has 0 fully saturated rings. The largest absolute Gasteiger partial charge is 0.355 e. The number of amides is 2. The molecule has 0 saturated heterocycles. The Morgan fingerprint density at radius 1 is 0.921 bits per heavy atom. The summed E-state index contributed by atoms with van der Waals surface area (Å²) in [7, 11) is -4.20. The Morgan fingerprint density at radius 2 is 1.55 bits per heavy atom. The molecule has 0 spiro atoms. The number of nitrogens with one attached hydrogen (secondary N) is 1. The SMILES string of the molecule is CCNC(=O)C(C)N(Cc1ccc(Cl)cc1)C(=O)CN(c1ccc(Cl)c(Cl)c1)S(=O)(=O)c1ccc(C)cc1. The van der Waals surface area contributed by atoms with Crippen LogP contribution in [-0.4, -0.2) is 44.3 Å². The highest BCUT2D eigenvalue weighted by molar-refractivity contribution is 7.92. The lowest BCUT2D eigenvalue weighted by atomic mass is 10.1. The maximum atomic E-state index is 13.8. The zero-order valence-corrected chi connectivity index (χ0v) is 24.2. The number of aryl methyl sites for hydroxylation is 1. The Labute approximate surface area is 238 Å². The molecule has 1 atom stereocenters. The van der Waals surface area contributed by atoms with Gasteiger partial charge >= 0.3 is 0 Å². The van der Waals surface area contributed by atoms with Crippen LogP contribution in [0.1, 0.15) is 25.0 Å². The Morgan fingerprint density at radius 3 is 2.13 bits per heavy atom. The van der Waals surface area contributed by atoms with Gasteiger partial charge in [-0.15, -0.1) is 0 Å². The summed E-state index contributed by atoms with van der Waals surface area (Å²) in [4.78, 5) is 27.9. The van der Waals surface area contributed by atoms with Crippen molar-refractivity contribution in [3.63, 3.8) is 0 Å². The van der Waals surface area contributed by atoms with Crippen molar-refractivity contribution in [1.82, 2.24) is 10.2 Å². The maximum absolute atomic E-state index is 13.8. The number of rotatable bonds is 10. The summed E-state index contributed by atoms with van der Waals surface area (Å²) in [6.45, 7) is 5.07. The topological polar surface area (TPSA) is 86.8 Å². The highest BCUT2D eigenvalue weighted by atomic mass is 35.5. The second kappa shape index (κ2) is 12.8. The van der Waals surface area contributed by atoms with E-state index in [1.807, 2.05) is 6.92 Å². The molecule has 3 rings (SSSR count). The third kappa shape index (κ3) is 7.20. The summed E-state index contributed by atoms with van der Waals surface area (Å²) in [5.41, 5.74) is 1.76. The predicted molar refractivity (Wildman–Crippen MR) is 152 cm³/mol. The smallest absolute Gasteiger partial charge is 0.264 e. The average Bonchev–Trinajstić information content (AvgIpc) is 2.88. The van der Waals surface area contributed by atoms with Crippen LogP contribution in [0.15, 0.2) is 71.6 Å². The van der Waals surface area contributed by atoms with Gasteiger partial charge < -0.3 is 10.2 Å². The van der Waals surface area contributed by atoms with Crippen molar-refractivity contribution in [1.29, 1.82) is 0 Å². The highest BCUT2D eigenvalue weighted by Gasteiger charge is 2.32. The summed E-state index contributed by atoms with van der Waals surface area (Å²) >= 11 is 18.3. The fourth-order valence-electron chi connectivity index (χ4n) is 3.70. The monoisotopic (exact) mass is 595 g/mol. The van der Waals surface area contributed by atoms with Gasteiger partial charge in [0.1, 0.15) is 12.6 Å². The van der Waals surface area contributed by atoms with Gasteiger partial charge in [0.2, 0.25) is 11.8 Å². The highest BCUT2D eigenvalue weighted by Crippen LogP contribution is 2.31. The molecule has 2 amide bonds. The lowest BCUT2D eigenvalue weighted by molar-refractivity contribution is -0.139. The number of benzene rings is 3. The van der Waals surface area contributed by atoms with Crippen molar-refractivity contribution in [2.75, 3.05) is 17.4 Å². The molecular weight excluding hydrogens is 569 g/mol. The van der Waals surface area contributed by atoms with Crippen molar-refractivity contribution in [3.8, 4) is 0 Å². The number of likely N-dealkylation sites (N-methyl/N-ethyl adjacent to an activating group) is 1. The van der Waals surface area contributed by atoms with Gasteiger partial charge in [-0.3, -0.25) is 13.9 Å². The maximum Gasteiger partial charge on any atom is 0.264 e. The van der Waals surface area contributed by atoms with Gasteiger partial charge in [0, 0.05) is 18.1 Å². The summed E-state index contributed by atoms with van der Waals surface area (Å²) < 4.78 is 28.5. The zero-order chi connectivity index (χ0) is 28.0. The first kappa shape index (κ1) is 29.8. The molecule has 0 aliphatic rings. The van der Waals surface area contributed by atoms with Crippen LogP contribution in [0.5, 0.6) is 0 Å². The molecule has 11 heteroatoms. The molecule has 0 aliphatic heterocycles. The number of anilines is 1. The Balaban J connectivity index is 2.05. The summed E-state index contributed by atoms with van der Waals surface area (Å²) in [6.07, 6.45) is 0. The standard InChI is InChI=1S/C27H28Cl3N3O4S/c1-4-31-27(35)19(3)32(16-20-7-9-21(28)10-8-20)26(34)17-33(22-11-14-24(29)25(30)15-22)38(36,37)23-12-5-18(2)6-13-23/h5-15,19H,4,16-17H2,1-3H3,(H,31,35). The molecule has 0 heterocycles. The summed E-state index contributed by atoms with van der Waals surface area (Å²) in [5.74, 6) is -0.947. The number of carbonyl (C=O) groups is 2. The molecule has 3 aromatic carbocycles. The molecule has 3 aromatic rings. The molecule has 7 nitrogen and oxygen atoms in total. The average molecular weight is 597 g/mol. The zero-order valence-electron chi connectivity index (χ0n) is 21.1. The number of hydrogen-bond acceptors (Lipinski definition) is 4. The van der Waals surface area contributed by atoms with E-state index >= 15 is 0 Å². The number of sulfonamides is 1. The van der Waals surface area contributed by atoms with Gasteiger partial charge in [0.15, 0.2) is 0 Å². The van der Waals surface area contributed by atoms with Crippen LogP contribution >= 0.6 is 34.8 Å². The lowest BCUT2D eigenvalue weighted by Gasteiger charge is -2.32. The number of hydrogen-bond donors (Lipinski definition) is 1. The molecular formula is C27H28Cl3N3O4S. The normalized spacial score (nSPS) is 12.1. The van der Waals surface area contributed by atoms with E-state index in [4.69, 9.17) is 34.8 Å². The molecule has 0 aliphatic carbocycles. The van der Waals surface area contributed by atoms with Crippen LogP contribution in [0.25, 0.3) is 0 Å².